The first-order valence-corrected chi connectivity index (χ1v) is 7.98. The monoisotopic (exact) mass is 357 g/mol. The molecule has 2 rings (SSSR count). The molecule has 0 saturated heterocycles. The predicted molar refractivity (Wildman–Crippen MR) is 98.1 cm³/mol. The fourth-order valence-electron chi connectivity index (χ4n) is 2.42. The highest BCUT2D eigenvalue weighted by molar-refractivity contribution is 6.30. The predicted octanol–water partition coefficient (Wildman–Crippen LogP) is 4.18. The molecule has 0 fully saturated rings. The number of nitrogens with zero attached hydrogens (tertiary/aromatic N) is 3. The van der Waals surface area contributed by atoms with E-state index in [-0.39, 0.29) is 12.4 Å². The molecule has 0 atom stereocenters. The number of ether oxygens (including phenoxy) is 1. The van der Waals surface area contributed by atoms with Crippen molar-refractivity contribution in [2.45, 2.75) is 33.2 Å². The van der Waals surface area contributed by atoms with E-state index in [4.69, 9.17) is 21.3 Å². The molecule has 1 aromatic heterocycles. The van der Waals surface area contributed by atoms with Crippen LogP contribution in [0.4, 0.5) is 0 Å². The SMILES string of the molecule is COCCCN=c1n(C(C)C)cc(C)n1-c1ccc(Cl)cc1.Cl. The minimum Gasteiger partial charge on any atom is -0.385 e. The normalized spacial score (nSPS) is 11.8. The van der Waals surface area contributed by atoms with Crippen LogP contribution in [0.1, 0.15) is 32.0 Å². The maximum atomic E-state index is 6.00. The van der Waals surface area contributed by atoms with Gasteiger partial charge in [0, 0.05) is 48.9 Å². The summed E-state index contributed by atoms with van der Waals surface area (Å²) in [6.07, 6.45) is 3.06. The molecule has 0 aliphatic heterocycles. The van der Waals surface area contributed by atoms with Crippen LogP contribution in [0.25, 0.3) is 5.69 Å². The van der Waals surface area contributed by atoms with Gasteiger partial charge >= 0.3 is 0 Å². The van der Waals surface area contributed by atoms with Gasteiger partial charge in [-0.25, -0.2) is 0 Å². The van der Waals surface area contributed by atoms with E-state index in [1.807, 2.05) is 24.3 Å². The number of hydrogen-bond acceptors (Lipinski definition) is 2. The highest BCUT2D eigenvalue weighted by atomic mass is 35.5. The third kappa shape index (κ3) is 4.87. The van der Waals surface area contributed by atoms with Gasteiger partial charge in [-0.3, -0.25) is 9.56 Å². The number of methoxy groups -OCH3 is 1. The molecular weight excluding hydrogens is 333 g/mol. The third-order valence-corrected chi connectivity index (χ3v) is 3.76. The van der Waals surface area contributed by atoms with Gasteiger partial charge in [0.1, 0.15) is 0 Å². The number of hydrogen-bond donors (Lipinski definition) is 0. The molecule has 0 radical (unpaired) electrons. The van der Waals surface area contributed by atoms with Gasteiger partial charge in [0.15, 0.2) is 0 Å². The topological polar surface area (TPSA) is 31.4 Å². The number of imidazole rings is 1. The van der Waals surface area contributed by atoms with E-state index in [1.54, 1.807) is 7.11 Å². The van der Waals surface area contributed by atoms with Gasteiger partial charge in [-0.15, -0.1) is 12.4 Å². The Morgan fingerprint density at radius 3 is 2.43 bits per heavy atom. The van der Waals surface area contributed by atoms with Gasteiger partial charge in [-0.1, -0.05) is 11.6 Å². The summed E-state index contributed by atoms with van der Waals surface area (Å²) in [5.41, 5.74) is 3.19. The van der Waals surface area contributed by atoms with Gasteiger partial charge in [-0.05, 0) is 51.5 Å². The van der Waals surface area contributed by atoms with Crippen molar-refractivity contribution in [2.75, 3.05) is 20.3 Å². The molecule has 0 unspecified atom stereocenters. The Bertz CT molecular complexity index is 672. The molecule has 23 heavy (non-hydrogen) atoms. The van der Waals surface area contributed by atoms with Crippen LogP contribution in [-0.4, -0.2) is 29.4 Å². The van der Waals surface area contributed by atoms with Crippen molar-refractivity contribution < 1.29 is 4.74 Å². The van der Waals surface area contributed by atoms with E-state index in [9.17, 15) is 0 Å². The van der Waals surface area contributed by atoms with Crippen LogP contribution in [0.2, 0.25) is 5.02 Å². The van der Waals surface area contributed by atoms with Crippen molar-refractivity contribution in [3.05, 3.63) is 46.8 Å². The number of aromatic nitrogens is 2. The maximum Gasteiger partial charge on any atom is 0.210 e. The Kier molecular flexibility index (Phi) is 7.89. The fourth-order valence-corrected chi connectivity index (χ4v) is 2.55. The van der Waals surface area contributed by atoms with Crippen LogP contribution in [0.5, 0.6) is 0 Å². The van der Waals surface area contributed by atoms with E-state index in [0.717, 1.165) is 41.6 Å². The molecule has 0 aliphatic rings. The molecule has 0 N–H and O–H groups in total. The lowest BCUT2D eigenvalue weighted by molar-refractivity contribution is 0.196. The van der Waals surface area contributed by atoms with E-state index in [2.05, 4.69) is 36.1 Å². The molecule has 2 aromatic rings. The number of rotatable bonds is 6. The Balaban J connectivity index is 0.00000264. The second-order valence-electron chi connectivity index (χ2n) is 5.61. The summed E-state index contributed by atoms with van der Waals surface area (Å²) in [7, 11) is 1.72. The van der Waals surface area contributed by atoms with Crippen LogP contribution in [0, 0.1) is 6.92 Å². The standard InChI is InChI=1S/C17H24ClN3O.ClH/c1-13(2)20-12-14(3)21(16-8-6-15(18)7-9-16)17(20)19-10-5-11-22-4;/h6-9,12-13H,5,10-11H2,1-4H3;1H. The first-order valence-electron chi connectivity index (χ1n) is 7.60. The molecule has 0 saturated carbocycles. The average molecular weight is 358 g/mol. The van der Waals surface area contributed by atoms with Gasteiger partial charge < -0.3 is 9.30 Å². The molecule has 0 amide bonds. The summed E-state index contributed by atoms with van der Waals surface area (Å²) < 4.78 is 9.48. The lowest BCUT2D eigenvalue weighted by Crippen LogP contribution is -2.27. The summed E-state index contributed by atoms with van der Waals surface area (Å²) in [6, 6.07) is 8.21. The zero-order chi connectivity index (χ0) is 16.1. The van der Waals surface area contributed by atoms with E-state index in [1.165, 1.54) is 0 Å². The summed E-state index contributed by atoms with van der Waals surface area (Å²) in [6.45, 7) is 7.91. The van der Waals surface area contributed by atoms with Crippen LogP contribution < -0.4 is 5.62 Å². The van der Waals surface area contributed by atoms with Crippen LogP contribution >= 0.6 is 24.0 Å². The van der Waals surface area contributed by atoms with Gasteiger partial charge in [0.2, 0.25) is 5.62 Å². The summed E-state index contributed by atoms with van der Waals surface area (Å²) in [5, 5.41) is 0.740. The number of benzene rings is 1. The van der Waals surface area contributed by atoms with E-state index < -0.39 is 0 Å². The van der Waals surface area contributed by atoms with Crippen molar-refractivity contribution in [3.63, 3.8) is 0 Å². The number of halogens is 2. The highest BCUT2D eigenvalue weighted by Crippen LogP contribution is 2.15. The number of aryl methyl sites for hydroxylation is 1. The first-order chi connectivity index (χ1) is 10.5. The lowest BCUT2D eigenvalue weighted by atomic mass is 10.3. The highest BCUT2D eigenvalue weighted by Gasteiger charge is 2.10. The van der Waals surface area contributed by atoms with Crippen LogP contribution in [0.15, 0.2) is 35.5 Å². The molecule has 0 spiro atoms. The van der Waals surface area contributed by atoms with Crippen molar-refractivity contribution >= 4 is 24.0 Å². The van der Waals surface area contributed by atoms with Crippen molar-refractivity contribution in [1.82, 2.24) is 9.13 Å². The molecule has 0 aliphatic carbocycles. The van der Waals surface area contributed by atoms with E-state index >= 15 is 0 Å². The minimum absolute atomic E-state index is 0. The Hall–Kier alpha value is -1.23. The molecule has 6 heteroatoms. The summed E-state index contributed by atoms with van der Waals surface area (Å²) in [5.74, 6) is 0. The molecule has 128 valence electrons. The van der Waals surface area contributed by atoms with Crippen LogP contribution in [-0.2, 0) is 4.74 Å². The molecule has 4 nitrogen and oxygen atoms in total. The second kappa shape index (κ2) is 9.16. The lowest BCUT2D eigenvalue weighted by Gasteiger charge is -2.09. The first kappa shape index (κ1) is 19.8. The minimum atomic E-state index is 0. The van der Waals surface area contributed by atoms with Gasteiger partial charge in [0.25, 0.3) is 0 Å². The average Bonchev–Trinajstić information content (AvgIpc) is 2.82. The summed E-state index contributed by atoms with van der Waals surface area (Å²) in [4.78, 5) is 4.80. The summed E-state index contributed by atoms with van der Waals surface area (Å²) >= 11 is 6.00. The molecule has 0 bridgehead atoms. The molecule has 1 aromatic carbocycles. The quantitative estimate of drug-likeness (QED) is 0.713. The second-order valence-corrected chi connectivity index (χ2v) is 6.05. The van der Waals surface area contributed by atoms with Crippen molar-refractivity contribution in [1.29, 1.82) is 0 Å². The van der Waals surface area contributed by atoms with Crippen LogP contribution in [0.3, 0.4) is 0 Å². The Labute approximate surface area is 149 Å². The fraction of sp³-hybridized carbons (Fsp3) is 0.471. The Morgan fingerprint density at radius 1 is 1.22 bits per heavy atom. The zero-order valence-corrected chi connectivity index (χ0v) is 15.7. The largest absolute Gasteiger partial charge is 0.385 e. The van der Waals surface area contributed by atoms with Gasteiger partial charge in [-0.2, -0.15) is 0 Å². The molecule has 1 heterocycles. The van der Waals surface area contributed by atoms with Gasteiger partial charge in [0.05, 0.1) is 0 Å². The molecular formula is C17H25Cl2N3O. The zero-order valence-electron chi connectivity index (χ0n) is 14.1. The van der Waals surface area contributed by atoms with Crippen molar-refractivity contribution in [2.24, 2.45) is 4.99 Å². The third-order valence-electron chi connectivity index (χ3n) is 3.51. The van der Waals surface area contributed by atoms with E-state index in [0.29, 0.717) is 6.04 Å². The van der Waals surface area contributed by atoms with Crippen molar-refractivity contribution in [3.8, 4) is 5.69 Å². The maximum absolute atomic E-state index is 6.00. The smallest absolute Gasteiger partial charge is 0.210 e. The Morgan fingerprint density at radius 2 is 1.87 bits per heavy atom.